The number of nitrogens with one attached hydrogen (secondary N) is 3. The van der Waals surface area contributed by atoms with Crippen molar-refractivity contribution in [3.8, 4) is 0 Å². The van der Waals surface area contributed by atoms with Gasteiger partial charge < -0.3 is 10.6 Å². The molecule has 0 aliphatic heterocycles. The number of rotatable bonds is 2. The van der Waals surface area contributed by atoms with Crippen LogP contribution in [0.25, 0.3) is 0 Å². The Morgan fingerprint density at radius 1 is 1.31 bits per heavy atom. The molecule has 0 unspecified atom stereocenters. The van der Waals surface area contributed by atoms with E-state index >= 15 is 0 Å². The Morgan fingerprint density at radius 3 is 2.81 bits per heavy atom. The number of nitrogens with zero attached hydrogens (tertiary/aromatic N) is 2. The van der Waals surface area contributed by atoms with Crippen LogP contribution in [0, 0.1) is 0 Å². The molecule has 0 bridgehead atoms. The number of hydrogen-bond donors (Lipinski definition) is 3. The molecule has 0 spiro atoms. The van der Waals surface area contributed by atoms with Crippen LogP contribution in [-0.4, -0.2) is 20.3 Å². The SMILES string of the molecule is S=C(Nc1ncn[nH]1)Nc1ccccc1Br. The van der Waals surface area contributed by atoms with Gasteiger partial charge in [-0.15, -0.1) is 0 Å². The molecule has 0 saturated heterocycles. The number of halogens is 1. The maximum Gasteiger partial charge on any atom is 0.224 e. The van der Waals surface area contributed by atoms with Gasteiger partial charge in [-0.2, -0.15) is 10.1 Å². The van der Waals surface area contributed by atoms with Crippen LogP contribution in [-0.2, 0) is 0 Å². The Morgan fingerprint density at radius 2 is 2.12 bits per heavy atom. The third-order valence-corrected chi connectivity index (χ3v) is 2.66. The van der Waals surface area contributed by atoms with Crippen molar-refractivity contribution < 1.29 is 0 Å². The van der Waals surface area contributed by atoms with E-state index in [2.05, 4.69) is 41.7 Å². The molecule has 0 fully saturated rings. The number of benzene rings is 1. The molecule has 0 amide bonds. The number of aromatic amines is 1. The third kappa shape index (κ3) is 2.77. The second-order valence-electron chi connectivity index (χ2n) is 2.89. The molecule has 82 valence electrons. The van der Waals surface area contributed by atoms with E-state index in [1.54, 1.807) is 0 Å². The Balaban J connectivity index is 2.00. The second-order valence-corrected chi connectivity index (χ2v) is 4.16. The molecule has 1 heterocycles. The van der Waals surface area contributed by atoms with Crippen molar-refractivity contribution in [3.05, 3.63) is 35.1 Å². The smallest absolute Gasteiger partial charge is 0.224 e. The zero-order valence-electron chi connectivity index (χ0n) is 8.07. The van der Waals surface area contributed by atoms with Crippen LogP contribution in [0.4, 0.5) is 11.6 Å². The molecule has 1 aromatic carbocycles. The fourth-order valence-electron chi connectivity index (χ4n) is 1.09. The van der Waals surface area contributed by atoms with E-state index in [9.17, 15) is 0 Å². The molecule has 2 aromatic rings. The Hall–Kier alpha value is -1.47. The molecule has 7 heteroatoms. The monoisotopic (exact) mass is 297 g/mol. The fraction of sp³-hybridized carbons (Fsp3) is 0. The van der Waals surface area contributed by atoms with Gasteiger partial charge in [0.1, 0.15) is 6.33 Å². The van der Waals surface area contributed by atoms with Crippen LogP contribution in [0.15, 0.2) is 35.1 Å². The van der Waals surface area contributed by atoms with Crippen LogP contribution < -0.4 is 10.6 Å². The molecule has 0 aliphatic carbocycles. The minimum Gasteiger partial charge on any atom is -0.331 e. The predicted molar refractivity (Wildman–Crippen MR) is 70.4 cm³/mol. The van der Waals surface area contributed by atoms with E-state index in [1.165, 1.54) is 6.33 Å². The Bertz CT molecular complexity index is 484. The van der Waals surface area contributed by atoms with E-state index in [4.69, 9.17) is 12.2 Å². The first-order valence-electron chi connectivity index (χ1n) is 4.43. The van der Waals surface area contributed by atoms with Gasteiger partial charge in [-0.25, -0.2) is 5.10 Å². The van der Waals surface area contributed by atoms with E-state index in [1.807, 2.05) is 24.3 Å². The predicted octanol–water partition coefficient (Wildman–Crippen LogP) is 2.38. The summed E-state index contributed by atoms with van der Waals surface area (Å²) in [5.74, 6) is 0.504. The van der Waals surface area contributed by atoms with Crippen LogP contribution in [0.3, 0.4) is 0 Å². The average Bonchev–Trinajstić information content (AvgIpc) is 2.74. The van der Waals surface area contributed by atoms with E-state index in [-0.39, 0.29) is 0 Å². The van der Waals surface area contributed by atoms with Crippen molar-refractivity contribution in [3.63, 3.8) is 0 Å². The lowest BCUT2D eigenvalue weighted by atomic mass is 10.3. The van der Waals surface area contributed by atoms with Crippen molar-refractivity contribution in [2.75, 3.05) is 10.6 Å². The lowest BCUT2D eigenvalue weighted by molar-refractivity contribution is 1.10. The van der Waals surface area contributed by atoms with E-state index in [0.29, 0.717) is 11.1 Å². The van der Waals surface area contributed by atoms with Crippen LogP contribution in [0.2, 0.25) is 0 Å². The summed E-state index contributed by atoms with van der Waals surface area (Å²) in [5.41, 5.74) is 0.888. The van der Waals surface area contributed by atoms with Crippen LogP contribution >= 0.6 is 28.1 Å². The summed E-state index contributed by atoms with van der Waals surface area (Å²) >= 11 is 8.53. The van der Waals surface area contributed by atoms with E-state index < -0.39 is 0 Å². The van der Waals surface area contributed by atoms with Gasteiger partial charge in [0.2, 0.25) is 5.95 Å². The highest BCUT2D eigenvalue weighted by atomic mass is 79.9. The molecule has 0 saturated carbocycles. The van der Waals surface area contributed by atoms with Gasteiger partial charge in [0.15, 0.2) is 5.11 Å². The summed E-state index contributed by atoms with van der Waals surface area (Å²) in [6.07, 6.45) is 1.41. The minimum atomic E-state index is 0.448. The molecular formula is C9H8BrN5S. The number of thiocarbonyl (C=S) groups is 1. The number of hydrogen-bond acceptors (Lipinski definition) is 3. The van der Waals surface area contributed by atoms with Crippen LogP contribution in [0.5, 0.6) is 0 Å². The molecule has 2 rings (SSSR count). The quantitative estimate of drug-likeness (QED) is 0.743. The zero-order valence-corrected chi connectivity index (χ0v) is 10.5. The summed E-state index contributed by atoms with van der Waals surface area (Å²) in [6, 6.07) is 7.70. The average molecular weight is 298 g/mol. The molecule has 0 radical (unpaired) electrons. The lowest BCUT2D eigenvalue weighted by Gasteiger charge is -2.09. The minimum absolute atomic E-state index is 0.448. The molecular weight excluding hydrogens is 290 g/mol. The van der Waals surface area contributed by atoms with Gasteiger partial charge in [-0.1, -0.05) is 12.1 Å². The number of aromatic nitrogens is 3. The molecule has 5 nitrogen and oxygen atoms in total. The van der Waals surface area contributed by atoms with Gasteiger partial charge in [0.25, 0.3) is 0 Å². The first kappa shape index (κ1) is 11.0. The summed E-state index contributed by atoms with van der Waals surface area (Å²) in [5, 5.41) is 12.7. The van der Waals surface area contributed by atoms with Gasteiger partial charge in [0, 0.05) is 4.47 Å². The summed E-state index contributed by atoms with van der Waals surface area (Å²) < 4.78 is 0.941. The normalized spacial score (nSPS) is 9.81. The topological polar surface area (TPSA) is 65.6 Å². The van der Waals surface area contributed by atoms with Crippen molar-refractivity contribution in [2.45, 2.75) is 0 Å². The highest BCUT2D eigenvalue weighted by molar-refractivity contribution is 9.10. The number of H-pyrrole nitrogens is 1. The summed E-state index contributed by atoms with van der Waals surface area (Å²) in [7, 11) is 0. The Kier molecular flexibility index (Phi) is 3.47. The molecule has 3 N–H and O–H groups in total. The molecule has 16 heavy (non-hydrogen) atoms. The van der Waals surface area contributed by atoms with Gasteiger partial charge in [-0.3, -0.25) is 0 Å². The molecule has 0 aliphatic rings. The summed E-state index contributed by atoms with van der Waals surface area (Å²) in [6.45, 7) is 0. The number of anilines is 2. The zero-order chi connectivity index (χ0) is 11.4. The largest absolute Gasteiger partial charge is 0.331 e. The maximum absolute atomic E-state index is 5.11. The second kappa shape index (κ2) is 5.04. The highest BCUT2D eigenvalue weighted by Crippen LogP contribution is 2.21. The van der Waals surface area contributed by atoms with E-state index in [0.717, 1.165) is 10.2 Å². The fourth-order valence-corrected chi connectivity index (χ4v) is 1.68. The lowest BCUT2D eigenvalue weighted by Crippen LogP contribution is -2.20. The van der Waals surface area contributed by atoms with Gasteiger partial charge in [0.05, 0.1) is 5.69 Å². The standard InChI is InChI=1S/C9H8BrN5S/c10-6-3-1-2-4-7(6)13-9(16)14-8-11-5-12-15-8/h1-5H,(H3,11,12,13,14,15,16). The van der Waals surface area contributed by atoms with Crippen LogP contribution in [0.1, 0.15) is 0 Å². The third-order valence-electron chi connectivity index (χ3n) is 1.77. The van der Waals surface area contributed by atoms with Crippen molar-refractivity contribution in [2.24, 2.45) is 0 Å². The van der Waals surface area contributed by atoms with Crippen molar-refractivity contribution >= 4 is 44.9 Å². The molecule has 1 aromatic heterocycles. The first-order valence-corrected chi connectivity index (χ1v) is 5.64. The van der Waals surface area contributed by atoms with Crippen molar-refractivity contribution in [1.29, 1.82) is 0 Å². The Labute approximate surface area is 106 Å². The first-order chi connectivity index (χ1) is 7.75. The maximum atomic E-state index is 5.11. The summed E-state index contributed by atoms with van der Waals surface area (Å²) in [4.78, 5) is 3.90. The highest BCUT2D eigenvalue weighted by Gasteiger charge is 2.02. The van der Waals surface area contributed by atoms with Gasteiger partial charge >= 0.3 is 0 Å². The molecule has 0 atom stereocenters. The van der Waals surface area contributed by atoms with Crippen molar-refractivity contribution in [1.82, 2.24) is 15.2 Å². The van der Waals surface area contributed by atoms with Gasteiger partial charge in [-0.05, 0) is 40.3 Å². The number of para-hydroxylation sites is 1.